The Morgan fingerprint density at radius 3 is 0.904 bits per heavy atom. The average Bonchev–Trinajstić information content (AvgIpc) is 1.56. The molecule has 2 unspecified atom stereocenters. The van der Waals surface area contributed by atoms with Crippen molar-refractivity contribution >= 4 is 19.8 Å². The Hall–Kier alpha value is -3.33. The van der Waals surface area contributed by atoms with E-state index < -0.39 is 26.5 Å². The van der Waals surface area contributed by atoms with Crippen LogP contribution < -0.4 is 4.89 Å². The van der Waals surface area contributed by atoms with E-state index in [1.165, 1.54) is 225 Å². The highest BCUT2D eigenvalue weighted by atomic mass is 31.2. The second-order valence-electron chi connectivity index (χ2n) is 27.7. The van der Waals surface area contributed by atoms with E-state index in [0.29, 0.717) is 17.4 Å². The number of unbranched alkanes of at least 4 members (excludes halogenated alkanes) is 41. The summed E-state index contributed by atoms with van der Waals surface area (Å²) in [6, 6.07) is 0. The van der Waals surface area contributed by atoms with Gasteiger partial charge in [-0.15, -0.1) is 0 Å². The maximum absolute atomic E-state index is 12.9. The van der Waals surface area contributed by atoms with Crippen LogP contribution >= 0.6 is 7.82 Å². The standard InChI is InChI=1S/C84H150NO8P/c1-6-8-10-12-14-16-18-20-22-24-26-28-30-32-34-36-38-40-41-42-43-45-47-49-51-53-55-57-59-61-63-65-67-69-71-73-75-77-84(87)93-82(81-92-94(88,89)91-79-78-85(3,4)5)80-90-83(86)76-74-72-70-68-66-64-62-60-58-56-54-52-50-48-46-44-39-37-35-33-31-29-27-25-23-21-19-17-15-13-11-9-7-2/h8,10,14,16,20,22,26,28,32,34,38,40,42-43,47,49,53,55,82H,6-7,9,11-13,15,17-19,21,23-25,27,29-31,33,35-37,39,41,44-46,48,50-52,54,56-81H2,1-5H3/b10-8-,16-14-,22-20-,28-26-,34-32-,40-38-,43-42-,49-47-,55-53-. The first kappa shape index (κ1) is 90.7. The van der Waals surface area contributed by atoms with Gasteiger partial charge in [-0.3, -0.25) is 14.2 Å². The van der Waals surface area contributed by atoms with Gasteiger partial charge < -0.3 is 27.9 Å². The molecule has 0 aliphatic rings. The van der Waals surface area contributed by atoms with Gasteiger partial charge in [-0.25, -0.2) is 0 Å². The number of nitrogens with zero attached hydrogens (tertiary/aromatic N) is 1. The Bertz CT molecular complexity index is 1960. The first-order valence-corrected chi connectivity index (χ1v) is 41.1. The molecular weight excluding hydrogens is 1180 g/mol. The van der Waals surface area contributed by atoms with Gasteiger partial charge in [0.25, 0.3) is 7.82 Å². The zero-order valence-electron chi connectivity index (χ0n) is 62.1. The molecule has 0 spiro atoms. The van der Waals surface area contributed by atoms with Crippen molar-refractivity contribution < 1.29 is 42.1 Å². The van der Waals surface area contributed by atoms with Crippen LogP contribution in [0, 0.1) is 0 Å². The number of hydrogen-bond donors (Lipinski definition) is 0. The van der Waals surface area contributed by atoms with Crippen molar-refractivity contribution in [3.8, 4) is 0 Å². The fourth-order valence-electron chi connectivity index (χ4n) is 11.3. The fraction of sp³-hybridized carbons (Fsp3) is 0.762. The zero-order valence-corrected chi connectivity index (χ0v) is 63.0. The largest absolute Gasteiger partial charge is 0.756 e. The average molecular weight is 1330 g/mol. The molecule has 0 aliphatic heterocycles. The highest BCUT2D eigenvalue weighted by Gasteiger charge is 2.22. The Balaban J connectivity index is 4.01. The molecule has 544 valence electrons. The summed E-state index contributed by atoms with van der Waals surface area (Å²) >= 11 is 0. The second-order valence-corrected chi connectivity index (χ2v) is 29.1. The lowest BCUT2D eigenvalue weighted by molar-refractivity contribution is -0.870. The van der Waals surface area contributed by atoms with E-state index >= 15 is 0 Å². The maximum Gasteiger partial charge on any atom is 0.306 e. The first-order valence-electron chi connectivity index (χ1n) is 39.6. The number of carbonyl (C=O) groups excluding carboxylic acids is 2. The highest BCUT2D eigenvalue weighted by molar-refractivity contribution is 7.45. The van der Waals surface area contributed by atoms with Crippen LogP contribution in [-0.4, -0.2) is 70.0 Å². The summed E-state index contributed by atoms with van der Waals surface area (Å²) < 4.78 is 34.4. The molecule has 0 aromatic rings. The van der Waals surface area contributed by atoms with Crippen molar-refractivity contribution in [1.29, 1.82) is 0 Å². The summed E-state index contributed by atoms with van der Waals surface area (Å²) in [7, 11) is 1.16. The third kappa shape index (κ3) is 77.7. The molecular formula is C84H150NO8P. The number of esters is 2. The number of rotatable bonds is 73. The van der Waals surface area contributed by atoms with Gasteiger partial charge in [-0.1, -0.05) is 374 Å². The van der Waals surface area contributed by atoms with Crippen molar-refractivity contribution in [3.63, 3.8) is 0 Å². The number of carbonyl (C=O) groups is 2. The van der Waals surface area contributed by atoms with E-state index in [4.69, 9.17) is 18.5 Å². The van der Waals surface area contributed by atoms with Gasteiger partial charge in [0.05, 0.1) is 27.7 Å². The summed E-state index contributed by atoms with van der Waals surface area (Å²) in [4.78, 5) is 38.2. The maximum atomic E-state index is 12.9. The Morgan fingerprint density at radius 1 is 0.340 bits per heavy atom. The van der Waals surface area contributed by atoms with Crippen LogP contribution in [0.2, 0.25) is 0 Å². The predicted molar refractivity (Wildman–Crippen MR) is 406 cm³/mol. The minimum absolute atomic E-state index is 0.0348. The molecule has 0 aromatic carbocycles. The monoisotopic (exact) mass is 1330 g/mol. The number of phosphoric acid groups is 1. The zero-order chi connectivity index (χ0) is 68.3. The molecule has 0 saturated carbocycles. The molecule has 94 heavy (non-hydrogen) atoms. The van der Waals surface area contributed by atoms with Crippen molar-refractivity contribution in [2.24, 2.45) is 0 Å². The third-order valence-electron chi connectivity index (χ3n) is 17.3. The Kier molecular flexibility index (Phi) is 71.3. The van der Waals surface area contributed by atoms with Crippen LogP contribution in [0.15, 0.2) is 109 Å². The number of phosphoric ester groups is 1. The van der Waals surface area contributed by atoms with Gasteiger partial charge in [0.15, 0.2) is 6.10 Å². The lowest BCUT2D eigenvalue weighted by Gasteiger charge is -2.28. The molecule has 0 fully saturated rings. The van der Waals surface area contributed by atoms with Crippen molar-refractivity contribution in [3.05, 3.63) is 109 Å². The van der Waals surface area contributed by atoms with Crippen LogP contribution in [0.3, 0.4) is 0 Å². The van der Waals surface area contributed by atoms with Crippen LogP contribution in [0.25, 0.3) is 0 Å². The van der Waals surface area contributed by atoms with E-state index in [2.05, 4.69) is 123 Å². The molecule has 0 rings (SSSR count). The summed E-state index contributed by atoms with van der Waals surface area (Å²) in [5.41, 5.74) is 0. The highest BCUT2D eigenvalue weighted by Crippen LogP contribution is 2.38. The van der Waals surface area contributed by atoms with E-state index in [1.54, 1.807) is 0 Å². The van der Waals surface area contributed by atoms with Crippen LogP contribution in [0.1, 0.15) is 361 Å². The van der Waals surface area contributed by atoms with Crippen LogP contribution in [-0.2, 0) is 32.7 Å². The molecule has 9 nitrogen and oxygen atoms in total. The van der Waals surface area contributed by atoms with Gasteiger partial charge >= 0.3 is 11.9 Å². The number of hydrogen-bond acceptors (Lipinski definition) is 8. The topological polar surface area (TPSA) is 111 Å². The van der Waals surface area contributed by atoms with Crippen LogP contribution in [0.5, 0.6) is 0 Å². The quantitative estimate of drug-likeness (QED) is 0.0195. The SMILES string of the molecule is CC/C=C\C/C=C\C/C=C\C/C=C\C/C=C\C/C=C\C/C=C\C/C=C\C/C=C\CCCCCCCCCCCC(=O)OC(COC(=O)CCCCCCCCCCCCCCCCCCCCCCCCCCCCCCCCCCC)COP(=O)([O-])OCC[N+](C)(C)C. The van der Waals surface area contributed by atoms with Crippen molar-refractivity contribution in [2.45, 2.75) is 367 Å². The minimum atomic E-state index is -4.65. The van der Waals surface area contributed by atoms with E-state index in [9.17, 15) is 19.0 Å². The molecule has 2 atom stereocenters. The number of quaternary nitrogens is 1. The molecule has 0 N–H and O–H groups in total. The third-order valence-corrected chi connectivity index (χ3v) is 18.3. The summed E-state index contributed by atoms with van der Waals surface area (Å²) in [5, 5.41) is 0. The molecule has 0 radical (unpaired) electrons. The van der Waals surface area contributed by atoms with E-state index in [1.807, 2.05) is 21.1 Å². The summed E-state index contributed by atoms with van der Waals surface area (Å²) in [6.07, 6.45) is 105. The Labute approximate surface area is 582 Å². The molecule has 0 amide bonds. The number of ether oxygens (including phenoxy) is 2. The minimum Gasteiger partial charge on any atom is -0.756 e. The van der Waals surface area contributed by atoms with Gasteiger partial charge in [-0.2, -0.15) is 0 Å². The van der Waals surface area contributed by atoms with Gasteiger partial charge in [0.2, 0.25) is 0 Å². The fourth-order valence-corrected chi connectivity index (χ4v) is 12.0. The molecule has 0 aromatic heterocycles. The normalized spacial score (nSPS) is 13.6. The van der Waals surface area contributed by atoms with E-state index in [0.717, 1.165) is 103 Å². The lowest BCUT2D eigenvalue weighted by Crippen LogP contribution is -2.37. The number of allylic oxidation sites excluding steroid dienone is 18. The van der Waals surface area contributed by atoms with Gasteiger partial charge in [0.1, 0.15) is 19.8 Å². The Morgan fingerprint density at radius 2 is 0.606 bits per heavy atom. The van der Waals surface area contributed by atoms with Crippen LogP contribution in [0.4, 0.5) is 0 Å². The predicted octanol–water partition coefficient (Wildman–Crippen LogP) is 25.8. The summed E-state index contributed by atoms with van der Waals surface area (Å²) in [6.45, 7) is 4.16. The lowest BCUT2D eigenvalue weighted by atomic mass is 10.0. The van der Waals surface area contributed by atoms with Gasteiger partial charge in [0, 0.05) is 12.8 Å². The number of likely N-dealkylation sites (N-methyl/N-ethyl adjacent to an activating group) is 1. The first-order chi connectivity index (χ1) is 46.0. The second kappa shape index (κ2) is 73.9. The summed E-state index contributed by atoms with van der Waals surface area (Å²) in [5.74, 6) is -0.830. The smallest absolute Gasteiger partial charge is 0.306 e. The van der Waals surface area contributed by atoms with E-state index in [-0.39, 0.29) is 32.0 Å². The van der Waals surface area contributed by atoms with Crippen molar-refractivity contribution in [2.75, 3.05) is 47.5 Å². The van der Waals surface area contributed by atoms with Gasteiger partial charge in [-0.05, 0) is 83.5 Å². The molecule has 0 heterocycles. The molecule has 10 heteroatoms. The molecule has 0 bridgehead atoms. The molecule has 0 aliphatic carbocycles. The van der Waals surface area contributed by atoms with Crippen molar-refractivity contribution in [1.82, 2.24) is 0 Å². The molecule has 0 saturated heterocycles.